The first kappa shape index (κ1) is 21.8. The fraction of sp³-hybridized carbons (Fsp3) is 0.300. The normalized spacial score (nSPS) is 11.4. The maximum Gasteiger partial charge on any atom is 0.500 e. The van der Waals surface area contributed by atoms with Gasteiger partial charge in [0, 0.05) is 32.9 Å². The van der Waals surface area contributed by atoms with Crippen LogP contribution < -0.4 is 0 Å². The number of nitrogens with zero attached hydrogens (tertiary/aromatic N) is 4. The molecule has 158 valence electrons. The monoisotopic (exact) mass is 428 g/mol. The Balaban J connectivity index is 1.55. The van der Waals surface area contributed by atoms with E-state index in [4.69, 9.17) is 18.0 Å². The summed E-state index contributed by atoms with van der Waals surface area (Å²) >= 11 is 0. The number of esters is 1. The first-order valence-corrected chi connectivity index (χ1v) is 11.3. The molecule has 0 saturated carbocycles. The summed E-state index contributed by atoms with van der Waals surface area (Å²) in [4.78, 5) is 13.7. The van der Waals surface area contributed by atoms with Gasteiger partial charge in [0.1, 0.15) is 0 Å². The molecule has 0 aliphatic rings. The highest BCUT2D eigenvalue weighted by atomic mass is 28.4. The molecule has 0 aliphatic carbocycles. The molecule has 1 aromatic heterocycles. The third-order valence-electron chi connectivity index (χ3n) is 4.57. The van der Waals surface area contributed by atoms with Crippen molar-refractivity contribution >= 4 is 14.8 Å². The van der Waals surface area contributed by atoms with Gasteiger partial charge in [-0.1, -0.05) is 30.3 Å². The molecular weight excluding hydrogens is 404 g/mol. The van der Waals surface area contributed by atoms with E-state index in [2.05, 4.69) is 15.4 Å². The van der Waals surface area contributed by atoms with E-state index in [1.165, 1.54) is 4.80 Å². The van der Waals surface area contributed by atoms with Crippen molar-refractivity contribution in [1.29, 1.82) is 0 Å². The summed E-state index contributed by atoms with van der Waals surface area (Å²) in [6.45, 7) is 0.248. The van der Waals surface area contributed by atoms with Crippen LogP contribution in [0.4, 0.5) is 0 Å². The lowest BCUT2D eigenvalue weighted by Crippen LogP contribution is -2.42. The van der Waals surface area contributed by atoms with Crippen molar-refractivity contribution in [3.63, 3.8) is 0 Å². The fourth-order valence-corrected chi connectivity index (χ4v) is 4.54. The van der Waals surface area contributed by atoms with E-state index in [1.807, 2.05) is 30.3 Å². The number of rotatable bonds is 10. The van der Waals surface area contributed by atoms with Gasteiger partial charge in [0.15, 0.2) is 0 Å². The number of aromatic nitrogens is 4. The topological polar surface area (TPSA) is 97.6 Å². The molecule has 9 nitrogen and oxygen atoms in total. The van der Waals surface area contributed by atoms with Gasteiger partial charge in [-0.05, 0) is 35.9 Å². The standard InChI is InChI=1S/C20H24N4O5Si/c1-26-30(27-2,28-3)15-7-14-29-20(25)17-12-10-16(11-13-17)19-21-23-24(22-19)18-8-5-4-6-9-18/h4-6,8-13H,7,14-15H2,1-3H3. The van der Waals surface area contributed by atoms with Crippen molar-refractivity contribution in [2.24, 2.45) is 0 Å². The predicted molar refractivity (Wildman–Crippen MR) is 111 cm³/mol. The van der Waals surface area contributed by atoms with Crippen LogP contribution in [0.5, 0.6) is 0 Å². The summed E-state index contributed by atoms with van der Waals surface area (Å²) < 4.78 is 21.4. The second-order valence-corrected chi connectivity index (χ2v) is 9.44. The van der Waals surface area contributed by atoms with Crippen LogP contribution in [0.1, 0.15) is 16.8 Å². The van der Waals surface area contributed by atoms with Gasteiger partial charge >= 0.3 is 14.8 Å². The molecule has 2 aromatic carbocycles. The molecular formula is C20H24N4O5Si. The van der Waals surface area contributed by atoms with Crippen LogP contribution in [0.15, 0.2) is 54.6 Å². The largest absolute Gasteiger partial charge is 0.500 e. The number of hydrogen-bond donors (Lipinski definition) is 0. The third-order valence-corrected chi connectivity index (χ3v) is 7.40. The number of carbonyl (C=O) groups is 1. The number of hydrogen-bond acceptors (Lipinski definition) is 8. The SMILES string of the molecule is CO[Si](CCCOC(=O)c1ccc(-c2nnn(-c3ccccc3)n2)cc1)(OC)OC. The molecule has 0 amide bonds. The Morgan fingerprint density at radius 2 is 1.63 bits per heavy atom. The second-order valence-electron chi connectivity index (χ2n) is 6.35. The lowest BCUT2D eigenvalue weighted by Gasteiger charge is -2.24. The molecule has 0 bridgehead atoms. The molecule has 0 N–H and O–H groups in total. The molecule has 1 heterocycles. The van der Waals surface area contributed by atoms with Crippen LogP contribution in [0.25, 0.3) is 17.1 Å². The number of tetrazole rings is 1. The Kier molecular flexibility index (Phi) is 7.41. The van der Waals surface area contributed by atoms with Crippen molar-refractivity contribution in [3.8, 4) is 17.1 Å². The minimum Gasteiger partial charge on any atom is -0.462 e. The summed E-state index contributed by atoms with van der Waals surface area (Å²) in [6.07, 6.45) is 0.581. The maximum absolute atomic E-state index is 12.3. The first-order chi connectivity index (χ1) is 14.6. The van der Waals surface area contributed by atoms with Crippen molar-refractivity contribution in [2.75, 3.05) is 27.9 Å². The van der Waals surface area contributed by atoms with Crippen LogP contribution in [-0.4, -0.2) is 62.9 Å². The van der Waals surface area contributed by atoms with Gasteiger partial charge in [0.2, 0.25) is 5.82 Å². The predicted octanol–water partition coefficient (Wildman–Crippen LogP) is 2.75. The van der Waals surface area contributed by atoms with E-state index in [0.29, 0.717) is 23.9 Å². The zero-order valence-electron chi connectivity index (χ0n) is 17.1. The summed E-state index contributed by atoms with van der Waals surface area (Å²) in [5.74, 6) is 0.0701. The first-order valence-electron chi connectivity index (χ1n) is 9.39. The number of benzene rings is 2. The van der Waals surface area contributed by atoms with Crippen molar-refractivity contribution in [2.45, 2.75) is 12.5 Å². The summed E-state index contributed by atoms with van der Waals surface area (Å²) in [7, 11) is 2.02. The molecule has 10 heteroatoms. The Morgan fingerprint density at radius 3 is 2.27 bits per heavy atom. The van der Waals surface area contributed by atoms with Gasteiger partial charge in [-0.15, -0.1) is 15.0 Å². The molecule has 30 heavy (non-hydrogen) atoms. The highest BCUT2D eigenvalue weighted by Crippen LogP contribution is 2.17. The second kappa shape index (κ2) is 10.2. The van der Waals surface area contributed by atoms with Crippen LogP contribution >= 0.6 is 0 Å². The van der Waals surface area contributed by atoms with Crippen molar-refractivity contribution < 1.29 is 22.8 Å². The highest BCUT2D eigenvalue weighted by Gasteiger charge is 2.37. The van der Waals surface area contributed by atoms with E-state index in [1.54, 1.807) is 45.6 Å². The maximum atomic E-state index is 12.3. The Labute approximate surface area is 175 Å². The fourth-order valence-electron chi connectivity index (χ4n) is 2.85. The minimum absolute atomic E-state index is 0.248. The quantitative estimate of drug-likeness (QED) is 0.276. The van der Waals surface area contributed by atoms with Gasteiger partial charge in [-0.25, -0.2) is 4.79 Å². The van der Waals surface area contributed by atoms with Crippen LogP contribution in [0, 0.1) is 0 Å². The van der Waals surface area contributed by atoms with Gasteiger partial charge in [0.25, 0.3) is 0 Å². The van der Waals surface area contributed by atoms with E-state index in [-0.39, 0.29) is 6.61 Å². The average Bonchev–Trinajstić information content (AvgIpc) is 3.31. The molecule has 0 fully saturated rings. The summed E-state index contributed by atoms with van der Waals surface area (Å²) in [5, 5.41) is 12.5. The smallest absolute Gasteiger partial charge is 0.462 e. The molecule has 0 atom stereocenters. The van der Waals surface area contributed by atoms with Crippen LogP contribution in [-0.2, 0) is 18.0 Å². The minimum atomic E-state index is -2.65. The average molecular weight is 429 g/mol. The van der Waals surface area contributed by atoms with Crippen molar-refractivity contribution in [3.05, 3.63) is 60.2 Å². The number of para-hydroxylation sites is 1. The van der Waals surface area contributed by atoms with Gasteiger partial charge in [-0.2, -0.15) is 0 Å². The molecule has 0 aliphatic heterocycles. The lowest BCUT2D eigenvalue weighted by atomic mass is 10.1. The van der Waals surface area contributed by atoms with Crippen LogP contribution in [0.3, 0.4) is 0 Å². The van der Waals surface area contributed by atoms with Gasteiger partial charge in [-0.3, -0.25) is 0 Å². The molecule has 0 saturated heterocycles. The van der Waals surface area contributed by atoms with E-state index < -0.39 is 14.8 Å². The molecule has 0 spiro atoms. The van der Waals surface area contributed by atoms with E-state index >= 15 is 0 Å². The highest BCUT2D eigenvalue weighted by molar-refractivity contribution is 6.60. The van der Waals surface area contributed by atoms with Gasteiger partial charge < -0.3 is 18.0 Å². The molecule has 3 rings (SSSR count). The number of ether oxygens (including phenoxy) is 1. The van der Waals surface area contributed by atoms with Crippen LogP contribution in [0.2, 0.25) is 6.04 Å². The zero-order valence-corrected chi connectivity index (χ0v) is 18.1. The summed E-state index contributed by atoms with van der Waals surface area (Å²) in [6, 6.07) is 17.0. The lowest BCUT2D eigenvalue weighted by molar-refractivity contribution is 0.0493. The van der Waals surface area contributed by atoms with Crippen molar-refractivity contribution in [1.82, 2.24) is 20.2 Å². The zero-order chi connectivity index (χ0) is 21.4. The summed E-state index contributed by atoms with van der Waals surface area (Å²) in [5.41, 5.74) is 2.02. The molecule has 0 radical (unpaired) electrons. The molecule has 0 unspecified atom stereocenters. The van der Waals surface area contributed by atoms with Gasteiger partial charge in [0.05, 0.1) is 17.9 Å². The Morgan fingerprint density at radius 1 is 0.967 bits per heavy atom. The third kappa shape index (κ3) is 5.16. The van der Waals surface area contributed by atoms with E-state index in [9.17, 15) is 4.79 Å². The Hall–Kier alpha value is -2.92. The number of carbonyl (C=O) groups excluding carboxylic acids is 1. The van der Waals surface area contributed by atoms with E-state index in [0.717, 1.165) is 11.3 Å². The molecule has 3 aromatic rings. The Bertz CT molecular complexity index is 937.